The second kappa shape index (κ2) is 4.65. The quantitative estimate of drug-likeness (QED) is 0.728. The first-order valence-electron chi connectivity index (χ1n) is 6.52. The molecule has 1 heteroatoms. The minimum absolute atomic E-state index is 0.704. The molecule has 0 aromatic rings. The van der Waals surface area contributed by atoms with Gasteiger partial charge in [-0.05, 0) is 44.1 Å². The van der Waals surface area contributed by atoms with Crippen molar-refractivity contribution in [3.8, 4) is 0 Å². The number of hydrogen-bond donors (Lipinski definition) is 1. The van der Waals surface area contributed by atoms with Crippen molar-refractivity contribution in [3.05, 3.63) is 0 Å². The van der Waals surface area contributed by atoms with E-state index in [1.807, 2.05) is 0 Å². The molecule has 1 N–H and O–H groups in total. The minimum Gasteiger partial charge on any atom is -0.319 e. The summed E-state index contributed by atoms with van der Waals surface area (Å²) in [5.74, 6) is 1.05. The molecule has 0 unspecified atom stereocenters. The molecule has 0 aliphatic heterocycles. The van der Waals surface area contributed by atoms with Crippen molar-refractivity contribution in [2.75, 3.05) is 13.6 Å². The predicted molar refractivity (Wildman–Crippen MR) is 61.4 cm³/mol. The molecule has 0 saturated heterocycles. The highest BCUT2D eigenvalue weighted by molar-refractivity contribution is 4.93. The zero-order chi connectivity index (χ0) is 9.86. The van der Waals surface area contributed by atoms with E-state index in [0.717, 1.165) is 5.92 Å². The van der Waals surface area contributed by atoms with Crippen LogP contribution in [0.5, 0.6) is 0 Å². The van der Waals surface area contributed by atoms with Crippen LogP contribution in [0.25, 0.3) is 0 Å². The Morgan fingerprint density at radius 2 is 1.64 bits per heavy atom. The van der Waals surface area contributed by atoms with Gasteiger partial charge in [-0.1, -0.05) is 32.1 Å². The van der Waals surface area contributed by atoms with E-state index in [2.05, 4.69) is 12.4 Å². The summed E-state index contributed by atoms with van der Waals surface area (Å²) in [6, 6.07) is 0. The van der Waals surface area contributed by atoms with Crippen LogP contribution < -0.4 is 5.32 Å². The summed E-state index contributed by atoms with van der Waals surface area (Å²) < 4.78 is 0. The summed E-state index contributed by atoms with van der Waals surface area (Å²) in [7, 11) is 2.13. The van der Waals surface area contributed by atoms with Crippen molar-refractivity contribution < 1.29 is 0 Å². The first-order chi connectivity index (χ1) is 6.87. The van der Waals surface area contributed by atoms with Gasteiger partial charge in [0.05, 0.1) is 0 Å². The maximum absolute atomic E-state index is 3.45. The molecule has 0 aromatic carbocycles. The summed E-state index contributed by atoms with van der Waals surface area (Å²) in [5, 5.41) is 3.45. The molecule has 0 aromatic heterocycles. The van der Waals surface area contributed by atoms with Gasteiger partial charge in [0.15, 0.2) is 0 Å². The van der Waals surface area contributed by atoms with Crippen LogP contribution in [0.2, 0.25) is 0 Å². The van der Waals surface area contributed by atoms with Gasteiger partial charge >= 0.3 is 0 Å². The predicted octanol–water partition coefficient (Wildman–Crippen LogP) is 3.35. The smallest absolute Gasteiger partial charge is 0.000746 e. The summed E-state index contributed by atoms with van der Waals surface area (Å²) in [6.45, 7) is 1.28. The molecule has 2 aliphatic rings. The van der Waals surface area contributed by atoms with Gasteiger partial charge in [-0.2, -0.15) is 0 Å². The maximum Gasteiger partial charge on any atom is 0.000746 e. The SMILES string of the molecule is CNCC1(C2CCCCC2)CCCC1. The first kappa shape index (κ1) is 10.5. The van der Waals surface area contributed by atoms with Crippen LogP contribution in [0, 0.1) is 11.3 Å². The molecular weight excluding hydrogens is 170 g/mol. The summed E-state index contributed by atoms with van der Waals surface area (Å²) in [5.41, 5.74) is 0.704. The van der Waals surface area contributed by atoms with Crippen LogP contribution in [0.4, 0.5) is 0 Å². The second-order valence-electron chi connectivity index (χ2n) is 5.43. The molecule has 0 spiro atoms. The Hall–Kier alpha value is -0.0400. The molecule has 14 heavy (non-hydrogen) atoms. The van der Waals surface area contributed by atoms with Crippen LogP contribution >= 0.6 is 0 Å². The van der Waals surface area contributed by atoms with Gasteiger partial charge in [0, 0.05) is 6.54 Å². The Labute approximate surface area is 88.7 Å². The molecule has 0 amide bonds. The van der Waals surface area contributed by atoms with E-state index < -0.39 is 0 Å². The fraction of sp³-hybridized carbons (Fsp3) is 1.00. The lowest BCUT2D eigenvalue weighted by atomic mass is 9.67. The Balaban J connectivity index is 2.00. The second-order valence-corrected chi connectivity index (χ2v) is 5.43. The van der Waals surface area contributed by atoms with E-state index in [9.17, 15) is 0 Å². The van der Waals surface area contributed by atoms with Gasteiger partial charge in [-0.3, -0.25) is 0 Å². The average molecular weight is 195 g/mol. The van der Waals surface area contributed by atoms with E-state index in [0.29, 0.717) is 5.41 Å². The van der Waals surface area contributed by atoms with Crippen LogP contribution in [-0.2, 0) is 0 Å². The van der Waals surface area contributed by atoms with Crippen LogP contribution in [0.1, 0.15) is 57.8 Å². The van der Waals surface area contributed by atoms with E-state index in [1.54, 1.807) is 0 Å². The fourth-order valence-corrected chi connectivity index (χ4v) is 3.88. The van der Waals surface area contributed by atoms with E-state index in [4.69, 9.17) is 0 Å². The highest BCUT2D eigenvalue weighted by atomic mass is 14.8. The van der Waals surface area contributed by atoms with Gasteiger partial charge in [0.25, 0.3) is 0 Å². The van der Waals surface area contributed by atoms with E-state index >= 15 is 0 Å². The lowest BCUT2D eigenvalue weighted by Crippen LogP contribution is -2.38. The molecule has 0 radical (unpaired) electrons. The lowest BCUT2D eigenvalue weighted by molar-refractivity contribution is 0.122. The Morgan fingerprint density at radius 1 is 1.00 bits per heavy atom. The van der Waals surface area contributed by atoms with Crippen molar-refractivity contribution in [1.82, 2.24) is 5.32 Å². The van der Waals surface area contributed by atoms with Crippen molar-refractivity contribution in [2.45, 2.75) is 57.8 Å². The fourth-order valence-electron chi connectivity index (χ4n) is 3.88. The van der Waals surface area contributed by atoms with Gasteiger partial charge in [0.1, 0.15) is 0 Å². The van der Waals surface area contributed by atoms with Gasteiger partial charge in [-0.15, -0.1) is 0 Å². The monoisotopic (exact) mass is 195 g/mol. The normalized spacial score (nSPS) is 28.1. The molecule has 0 bridgehead atoms. The number of nitrogens with one attached hydrogen (secondary N) is 1. The third-order valence-electron chi connectivity index (χ3n) is 4.60. The molecule has 0 heterocycles. The third kappa shape index (κ3) is 1.98. The summed E-state index contributed by atoms with van der Waals surface area (Å²) >= 11 is 0. The standard InChI is InChI=1S/C13H25N/c1-14-11-13(9-5-6-10-13)12-7-3-2-4-8-12/h12,14H,2-11H2,1H3. The molecule has 1 nitrogen and oxygen atoms in total. The van der Waals surface area contributed by atoms with Gasteiger partial charge in [0.2, 0.25) is 0 Å². The summed E-state index contributed by atoms with van der Waals surface area (Å²) in [6.07, 6.45) is 13.5. The van der Waals surface area contributed by atoms with E-state index in [1.165, 1.54) is 64.3 Å². The third-order valence-corrected chi connectivity index (χ3v) is 4.60. The maximum atomic E-state index is 3.45. The molecule has 2 fully saturated rings. The molecule has 0 atom stereocenters. The summed E-state index contributed by atoms with van der Waals surface area (Å²) in [4.78, 5) is 0. The highest BCUT2D eigenvalue weighted by Gasteiger charge is 2.40. The molecule has 82 valence electrons. The number of rotatable bonds is 3. The Kier molecular flexibility index (Phi) is 3.48. The van der Waals surface area contributed by atoms with Crippen molar-refractivity contribution in [1.29, 1.82) is 0 Å². The minimum atomic E-state index is 0.704. The van der Waals surface area contributed by atoms with E-state index in [-0.39, 0.29) is 0 Å². The Morgan fingerprint density at radius 3 is 2.21 bits per heavy atom. The highest BCUT2D eigenvalue weighted by Crippen LogP contribution is 2.49. The zero-order valence-corrected chi connectivity index (χ0v) is 9.65. The first-order valence-corrected chi connectivity index (χ1v) is 6.52. The molecular formula is C13H25N. The molecule has 2 aliphatic carbocycles. The largest absolute Gasteiger partial charge is 0.319 e. The molecule has 2 rings (SSSR count). The van der Waals surface area contributed by atoms with Crippen LogP contribution in [0.3, 0.4) is 0 Å². The average Bonchev–Trinajstić information content (AvgIpc) is 2.70. The van der Waals surface area contributed by atoms with Gasteiger partial charge in [-0.25, -0.2) is 0 Å². The van der Waals surface area contributed by atoms with Crippen LogP contribution in [0.15, 0.2) is 0 Å². The molecule has 2 saturated carbocycles. The number of hydrogen-bond acceptors (Lipinski definition) is 1. The zero-order valence-electron chi connectivity index (χ0n) is 9.65. The van der Waals surface area contributed by atoms with Crippen molar-refractivity contribution >= 4 is 0 Å². The van der Waals surface area contributed by atoms with Gasteiger partial charge < -0.3 is 5.32 Å². The Bertz CT molecular complexity index is 164. The van der Waals surface area contributed by atoms with Crippen molar-refractivity contribution in [2.24, 2.45) is 11.3 Å². The van der Waals surface area contributed by atoms with Crippen molar-refractivity contribution in [3.63, 3.8) is 0 Å². The van der Waals surface area contributed by atoms with Crippen LogP contribution in [-0.4, -0.2) is 13.6 Å². The lowest BCUT2D eigenvalue weighted by Gasteiger charge is -2.40. The topological polar surface area (TPSA) is 12.0 Å².